The summed E-state index contributed by atoms with van der Waals surface area (Å²) in [4.78, 5) is 13.1. The summed E-state index contributed by atoms with van der Waals surface area (Å²) in [5.41, 5.74) is 0.749. The summed E-state index contributed by atoms with van der Waals surface area (Å²) in [7, 11) is 0. The van der Waals surface area contributed by atoms with E-state index in [0.717, 1.165) is 32.0 Å². The number of carbonyl (C=O) groups is 1. The molecule has 4 heteroatoms. The normalized spacial score (nSPS) is 31.7. The predicted octanol–water partition coefficient (Wildman–Crippen LogP) is 3.49. The van der Waals surface area contributed by atoms with Gasteiger partial charge in [-0.3, -0.25) is 0 Å². The maximum Gasteiger partial charge on any atom is 0.517 e. The lowest BCUT2D eigenvalue weighted by atomic mass is 9.82. The van der Waals surface area contributed by atoms with Crippen molar-refractivity contribution >= 4 is 6.09 Å². The lowest BCUT2D eigenvalue weighted by Gasteiger charge is -2.52. The highest BCUT2D eigenvalue weighted by Crippen LogP contribution is 2.38. The van der Waals surface area contributed by atoms with Crippen LogP contribution in [0.2, 0.25) is 0 Å². The number of hydrogen-bond acceptors (Lipinski definition) is 3. The van der Waals surface area contributed by atoms with Gasteiger partial charge < -0.3 is 10.1 Å². The molecule has 2 heterocycles. The first-order valence-electron chi connectivity index (χ1n) is 8.70. The monoisotopic (exact) mass is 317 g/mol. The zero-order valence-corrected chi connectivity index (χ0v) is 14.7. The van der Waals surface area contributed by atoms with E-state index in [2.05, 4.69) is 24.4 Å². The lowest BCUT2D eigenvalue weighted by Crippen LogP contribution is -2.71. The number of benzene rings is 1. The molecular weight excluding hydrogens is 288 g/mol. The van der Waals surface area contributed by atoms with Gasteiger partial charge in [-0.1, -0.05) is 30.3 Å². The number of nitrogens with one attached hydrogen (secondary N) is 1. The van der Waals surface area contributed by atoms with Gasteiger partial charge in [0.1, 0.15) is 18.2 Å². The zero-order chi connectivity index (χ0) is 16.7. The number of piperidine rings is 1. The number of amides is 1. The van der Waals surface area contributed by atoms with Gasteiger partial charge in [0.05, 0.1) is 12.6 Å². The van der Waals surface area contributed by atoms with Crippen LogP contribution in [0.1, 0.15) is 45.7 Å². The van der Waals surface area contributed by atoms with Gasteiger partial charge in [0, 0.05) is 18.5 Å². The fourth-order valence-electron chi connectivity index (χ4n) is 3.85. The molecule has 3 unspecified atom stereocenters. The van der Waals surface area contributed by atoms with Gasteiger partial charge >= 0.3 is 6.09 Å². The Balaban J connectivity index is 1.91. The van der Waals surface area contributed by atoms with Crippen molar-refractivity contribution in [1.29, 1.82) is 0 Å². The van der Waals surface area contributed by atoms with Crippen molar-refractivity contribution in [3.63, 3.8) is 0 Å². The van der Waals surface area contributed by atoms with Gasteiger partial charge in [0.2, 0.25) is 0 Å². The molecule has 3 rings (SSSR count). The molecule has 2 fully saturated rings. The van der Waals surface area contributed by atoms with Crippen LogP contribution in [0.15, 0.2) is 30.3 Å². The number of rotatable bonds is 2. The molecule has 0 bridgehead atoms. The number of carbonyl (C=O) groups excluding carboxylic acids is 1. The summed E-state index contributed by atoms with van der Waals surface area (Å²) in [5.74, 6) is 0.728. The molecule has 0 spiro atoms. The van der Waals surface area contributed by atoms with Crippen molar-refractivity contribution in [1.82, 2.24) is 5.32 Å². The SMILES string of the molecule is C[C@H](c1ccccc1)[N+]1(C(=O)OC(C)(C)C)CCC2CNC2C1. The van der Waals surface area contributed by atoms with Crippen molar-refractivity contribution < 1.29 is 14.0 Å². The second-order valence-corrected chi connectivity index (χ2v) is 8.07. The summed E-state index contributed by atoms with van der Waals surface area (Å²) in [6.07, 6.45) is 1.01. The standard InChI is InChI=1S/C19H29N2O2/c1-14(15-8-6-5-7-9-15)21(18(22)23-19(2,3)4)11-10-16-12-20-17(16)13-21/h5-9,14,16-17,20H,10-13H2,1-4H3/q+1/t14-,16?,17?,21?/m1/s1. The number of ether oxygens (including phenoxy) is 1. The highest BCUT2D eigenvalue weighted by Gasteiger charge is 2.53. The largest absolute Gasteiger partial charge is 0.517 e. The van der Waals surface area contributed by atoms with Crippen molar-refractivity contribution in [2.24, 2.45) is 5.92 Å². The predicted molar refractivity (Wildman–Crippen MR) is 91.0 cm³/mol. The van der Waals surface area contributed by atoms with Crippen molar-refractivity contribution in [3.05, 3.63) is 35.9 Å². The third-order valence-electron chi connectivity index (χ3n) is 5.41. The summed E-state index contributed by atoms with van der Waals surface area (Å²) in [5, 5.41) is 3.50. The number of hydrogen-bond donors (Lipinski definition) is 1. The van der Waals surface area contributed by atoms with Crippen LogP contribution in [0.25, 0.3) is 0 Å². The van der Waals surface area contributed by atoms with Gasteiger partial charge in [0.15, 0.2) is 0 Å². The molecular formula is C19H29N2O2+. The Morgan fingerprint density at radius 2 is 2.00 bits per heavy atom. The topological polar surface area (TPSA) is 38.3 Å². The third kappa shape index (κ3) is 3.15. The van der Waals surface area contributed by atoms with Gasteiger partial charge in [-0.15, -0.1) is 0 Å². The van der Waals surface area contributed by atoms with E-state index < -0.39 is 5.60 Å². The minimum Gasteiger partial charge on any atom is -0.414 e. The third-order valence-corrected chi connectivity index (χ3v) is 5.41. The van der Waals surface area contributed by atoms with Crippen molar-refractivity contribution in [2.45, 2.75) is 51.8 Å². The van der Waals surface area contributed by atoms with E-state index in [4.69, 9.17) is 4.74 Å². The fraction of sp³-hybridized carbons (Fsp3) is 0.632. The van der Waals surface area contributed by atoms with Crippen molar-refractivity contribution in [2.75, 3.05) is 19.6 Å². The second-order valence-electron chi connectivity index (χ2n) is 8.07. The van der Waals surface area contributed by atoms with Crippen LogP contribution in [0.3, 0.4) is 0 Å². The molecule has 0 saturated carbocycles. The molecule has 0 aromatic heterocycles. The molecule has 23 heavy (non-hydrogen) atoms. The fourth-order valence-corrected chi connectivity index (χ4v) is 3.85. The molecule has 1 aromatic carbocycles. The number of nitrogens with zero attached hydrogens (tertiary/aromatic N) is 1. The van der Waals surface area contributed by atoms with E-state index in [9.17, 15) is 4.79 Å². The Hall–Kier alpha value is -1.39. The van der Waals surface area contributed by atoms with E-state index in [1.54, 1.807) is 0 Å². The van der Waals surface area contributed by atoms with E-state index >= 15 is 0 Å². The molecule has 2 aliphatic rings. The summed E-state index contributed by atoms with van der Waals surface area (Å²) in [6, 6.07) is 10.9. The van der Waals surface area contributed by atoms with Gasteiger partial charge in [-0.05, 0) is 33.6 Å². The highest BCUT2D eigenvalue weighted by atomic mass is 16.6. The van der Waals surface area contributed by atoms with Crippen LogP contribution < -0.4 is 5.32 Å². The average molecular weight is 317 g/mol. The Labute approximate surface area is 139 Å². The molecule has 0 aliphatic carbocycles. The molecule has 2 aliphatic heterocycles. The van der Waals surface area contributed by atoms with E-state index in [1.165, 1.54) is 5.56 Å². The average Bonchev–Trinajstić information content (AvgIpc) is 2.47. The molecule has 1 N–H and O–H groups in total. The number of fused-ring (bicyclic) bond motifs is 1. The maximum absolute atomic E-state index is 13.1. The minimum absolute atomic E-state index is 0.0824. The highest BCUT2D eigenvalue weighted by molar-refractivity contribution is 5.61. The first-order chi connectivity index (χ1) is 10.8. The van der Waals surface area contributed by atoms with Gasteiger partial charge in [0.25, 0.3) is 0 Å². The molecule has 126 valence electrons. The first kappa shape index (κ1) is 16.5. The number of likely N-dealkylation sites (tertiary alicyclic amines) is 1. The minimum atomic E-state index is -0.456. The van der Waals surface area contributed by atoms with Crippen LogP contribution >= 0.6 is 0 Å². The summed E-state index contributed by atoms with van der Waals surface area (Å²) < 4.78 is 6.23. The second kappa shape index (κ2) is 5.91. The number of quaternary nitrogens is 1. The first-order valence-corrected chi connectivity index (χ1v) is 8.70. The van der Waals surface area contributed by atoms with Gasteiger partial charge in [-0.2, -0.15) is 4.79 Å². The van der Waals surface area contributed by atoms with E-state index in [1.807, 2.05) is 39.0 Å². The van der Waals surface area contributed by atoms with Crippen LogP contribution in [0.5, 0.6) is 0 Å². The maximum atomic E-state index is 13.1. The van der Waals surface area contributed by atoms with Crippen LogP contribution in [-0.4, -0.2) is 41.9 Å². The Kier molecular flexibility index (Phi) is 4.23. The summed E-state index contributed by atoms with van der Waals surface area (Å²) in [6.45, 7) is 10.8. The molecule has 0 radical (unpaired) electrons. The molecule has 1 amide bonds. The summed E-state index contributed by atoms with van der Waals surface area (Å²) >= 11 is 0. The molecule has 4 atom stereocenters. The molecule has 2 saturated heterocycles. The van der Waals surface area contributed by atoms with Crippen LogP contribution in [-0.2, 0) is 4.74 Å². The lowest BCUT2D eigenvalue weighted by molar-refractivity contribution is -0.895. The van der Waals surface area contributed by atoms with Crippen LogP contribution in [0, 0.1) is 5.92 Å². The van der Waals surface area contributed by atoms with Gasteiger partial charge in [-0.25, -0.2) is 4.48 Å². The van der Waals surface area contributed by atoms with Crippen LogP contribution in [0.4, 0.5) is 4.79 Å². The Morgan fingerprint density at radius 1 is 1.30 bits per heavy atom. The Morgan fingerprint density at radius 3 is 2.52 bits per heavy atom. The zero-order valence-electron chi connectivity index (χ0n) is 14.7. The smallest absolute Gasteiger partial charge is 0.414 e. The molecule has 1 aromatic rings. The van der Waals surface area contributed by atoms with Crippen molar-refractivity contribution in [3.8, 4) is 0 Å². The Bertz CT molecular complexity index is 566. The molecule has 4 nitrogen and oxygen atoms in total. The van der Waals surface area contributed by atoms with E-state index in [0.29, 0.717) is 10.5 Å². The van der Waals surface area contributed by atoms with E-state index in [-0.39, 0.29) is 12.1 Å². The quantitative estimate of drug-likeness (QED) is 0.849.